The zero-order chi connectivity index (χ0) is 63.8. The van der Waals surface area contributed by atoms with Crippen LogP contribution in [0.4, 0.5) is 0 Å². The Morgan fingerprint density at radius 1 is 0.624 bits per heavy atom. The van der Waals surface area contributed by atoms with Gasteiger partial charge in [-0.15, -0.1) is 0 Å². The molecule has 1 aliphatic rings. The molecule has 85 heavy (non-hydrogen) atoms. The average Bonchev–Trinajstić information content (AvgIpc) is 3.67. The van der Waals surface area contributed by atoms with Gasteiger partial charge in [0.2, 0.25) is 47.3 Å². The molecular formula is C59H101N13O13. The highest BCUT2D eigenvalue weighted by atomic mass is 16.3. The van der Waals surface area contributed by atoms with Gasteiger partial charge in [-0.25, -0.2) is 0 Å². The molecule has 1 heterocycles. The average molecular weight is 1200 g/mol. The van der Waals surface area contributed by atoms with Crippen molar-refractivity contribution in [3.05, 3.63) is 35.9 Å². The van der Waals surface area contributed by atoms with Crippen molar-refractivity contribution in [3.8, 4) is 0 Å². The van der Waals surface area contributed by atoms with Crippen LogP contribution >= 0.6 is 0 Å². The van der Waals surface area contributed by atoms with E-state index < -0.39 is 157 Å². The Bertz CT molecular complexity index is 2310. The highest BCUT2D eigenvalue weighted by Gasteiger charge is 2.38. The largest absolute Gasteiger partial charge is 0.391 e. The summed E-state index contributed by atoms with van der Waals surface area (Å²) in [5, 5.41) is 42.4. The summed E-state index contributed by atoms with van der Waals surface area (Å²) in [7, 11) is 0. The Balaban J connectivity index is 2.67. The Kier molecular flexibility index (Phi) is 35.3. The molecule has 26 heteroatoms. The van der Waals surface area contributed by atoms with Crippen LogP contribution in [0.1, 0.15) is 143 Å². The van der Waals surface area contributed by atoms with E-state index in [0.29, 0.717) is 17.9 Å². The number of benzene rings is 1. The van der Waals surface area contributed by atoms with E-state index in [1.807, 2.05) is 13.8 Å². The van der Waals surface area contributed by atoms with Crippen LogP contribution in [0.15, 0.2) is 30.3 Å². The molecule has 1 fully saturated rings. The number of aliphatic hydroxyl groups excluding tert-OH is 2. The van der Waals surface area contributed by atoms with Crippen LogP contribution in [0.5, 0.6) is 0 Å². The van der Waals surface area contributed by atoms with Crippen molar-refractivity contribution < 1.29 is 63.0 Å². The first-order valence-electron chi connectivity index (χ1n) is 30.2. The summed E-state index contributed by atoms with van der Waals surface area (Å²) < 4.78 is 0. The second kappa shape index (κ2) is 40.2. The zero-order valence-corrected chi connectivity index (χ0v) is 50.8. The number of amides is 8. The van der Waals surface area contributed by atoms with Crippen LogP contribution in [0.2, 0.25) is 0 Å². The summed E-state index contributed by atoms with van der Waals surface area (Å²) in [6.07, 6.45) is -1.19. The molecule has 1 aromatic rings. The quantitative estimate of drug-likeness (QED) is 0.0359. The predicted octanol–water partition coefficient (Wildman–Crippen LogP) is -1.97. The van der Waals surface area contributed by atoms with Crippen molar-refractivity contribution in [1.29, 1.82) is 0 Å². The van der Waals surface area contributed by atoms with Crippen molar-refractivity contribution in [2.75, 3.05) is 39.3 Å². The minimum absolute atomic E-state index is 0.0487. The van der Waals surface area contributed by atoms with Crippen molar-refractivity contribution in [2.45, 2.75) is 199 Å². The molecule has 2 rings (SSSR count). The summed E-state index contributed by atoms with van der Waals surface area (Å²) in [4.78, 5) is 155. The molecule has 480 valence electrons. The maximum absolute atomic E-state index is 14.6. The van der Waals surface area contributed by atoms with E-state index in [2.05, 4.69) is 56.4 Å². The molecule has 26 nitrogen and oxygen atoms in total. The molecule has 0 radical (unpaired) electrons. The summed E-state index contributed by atoms with van der Waals surface area (Å²) >= 11 is 0. The van der Waals surface area contributed by atoms with E-state index in [0.717, 1.165) is 19.3 Å². The van der Waals surface area contributed by atoms with Gasteiger partial charge in [-0.05, 0) is 122 Å². The summed E-state index contributed by atoms with van der Waals surface area (Å²) in [5.41, 5.74) is 30.1. The maximum Gasteiger partial charge on any atom is 0.245 e. The highest BCUT2D eigenvalue weighted by Crippen LogP contribution is 2.21. The van der Waals surface area contributed by atoms with Gasteiger partial charge in [-0.2, -0.15) is 0 Å². The number of rotatable bonds is 31. The summed E-state index contributed by atoms with van der Waals surface area (Å²) in [6.45, 7) is 9.48. The summed E-state index contributed by atoms with van der Waals surface area (Å²) in [5.74, 6) is -11.2. The lowest BCUT2D eigenvalue weighted by Crippen LogP contribution is -2.60. The number of ketones is 3. The van der Waals surface area contributed by atoms with Crippen LogP contribution in [-0.2, 0) is 59.2 Å². The number of carbonyl (C=O) groups is 11. The van der Waals surface area contributed by atoms with Crippen LogP contribution in [0, 0.1) is 29.6 Å². The van der Waals surface area contributed by atoms with E-state index in [-0.39, 0.29) is 102 Å². The van der Waals surface area contributed by atoms with Crippen molar-refractivity contribution >= 4 is 64.6 Å². The number of nitrogens with two attached hydrogens (primary N) is 5. The highest BCUT2D eigenvalue weighted by molar-refractivity contribution is 5.99. The molecule has 8 amide bonds. The standard InChI is InChI=1S/C59H101N13O13/c1-7-35(4)13-11-12-16-42(75)31-39(17-23-60)53(79)71-50(36(5)73)49(77)32-40(18-24-61)52(78)67-46-22-28-65-59(85)51(37(6)74)72-58(84)45(21-27-64)69-55(81)43(19-25-62)66-54(80)41(29-34(2)3)33-48(76)47(30-38-14-9-8-10-15-38)70-56(82)44(20-26-63)68-57(46)83/h8-10,14-15,34-37,39-41,43-47,50-51,73-74H,7,11-13,16-33,60-64H2,1-6H3,(H,65,85)(H,66,80)(H,67,78)(H,68,83)(H,69,81)(H,70,82)(H,71,79)(H,72,84)/t35-,36+,37+,39+,40+,41+,43-,44-,45-,46-,47+,50-,51-/m0/s1. The van der Waals surface area contributed by atoms with Gasteiger partial charge in [0.15, 0.2) is 11.6 Å². The number of hydrogen-bond acceptors (Lipinski definition) is 18. The third-order valence-corrected chi connectivity index (χ3v) is 15.2. The molecule has 1 aromatic carbocycles. The zero-order valence-electron chi connectivity index (χ0n) is 50.8. The minimum atomic E-state index is -1.67. The van der Waals surface area contributed by atoms with E-state index >= 15 is 0 Å². The van der Waals surface area contributed by atoms with Gasteiger partial charge in [0.05, 0.1) is 18.2 Å². The van der Waals surface area contributed by atoms with Crippen molar-refractivity contribution in [3.63, 3.8) is 0 Å². The molecule has 0 aliphatic carbocycles. The van der Waals surface area contributed by atoms with Gasteiger partial charge < -0.3 is 81.4 Å². The molecule has 13 atom stereocenters. The Morgan fingerprint density at radius 3 is 1.67 bits per heavy atom. The lowest BCUT2D eigenvalue weighted by molar-refractivity contribution is -0.137. The van der Waals surface area contributed by atoms with Gasteiger partial charge in [-0.3, -0.25) is 52.7 Å². The third-order valence-electron chi connectivity index (χ3n) is 15.2. The number of hydrogen-bond donors (Lipinski definition) is 15. The fraction of sp³-hybridized carbons (Fsp3) is 0.712. The van der Waals surface area contributed by atoms with E-state index in [1.165, 1.54) is 13.8 Å². The van der Waals surface area contributed by atoms with Gasteiger partial charge in [0.25, 0.3) is 0 Å². The minimum Gasteiger partial charge on any atom is -0.391 e. The first kappa shape index (κ1) is 74.8. The van der Waals surface area contributed by atoms with Crippen molar-refractivity contribution in [1.82, 2.24) is 42.5 Å². The molecule has 1 saturated heterocycles. The normalized spacial score (nSPS) is 23.1. The molecule has 20 N–H and O–H groups in total. The SMILES string of the molecule is CC[C@H](C)CCCCC(=O)C[C@@H](CCN)C(=O)N[C@H](C(=O)C[C@@H](CCN)C(=O)N[C@H]1CCNC(=O)[C@H]([C@@H](C)O)NC(=O)[C@H](CCN)NC(=O)[C@H](CCN)NC(=O)[C@H](CC(C)C)CC(=O)[C@@H](Cc2ccccc2)NC(=O)[C@H](CCN)NC1=O)[C@@H](C)O. The molecule has 0 unspecified atom stereocenters. The van der Waals surface area contributed by atoms with Crippen LogP contribution in [0.25, 0.3) is 0 Å². The van der Waals surface area contributed by atoms with Crippen LogP contribution < -0.4 is 71.2 Å². The molecular weight excluding hydrogens is 1100 g/mol. The Hall–Kier alpha value is -6.29. The Labute approximate surface area is 500 Å². The molecule has 0 spiro atoms. The monoisotopic (exact) mass is 1200 g/mol. The summed E-state index contributed by atoms with van der Waals surface area (Å²) in [6, 6.07) is -1.56. The number of carbonyl (C=O) groups excluding carboxylic acids is 11. The smallest absolute Gasteiger partial charge is 0.245 e. The second-order valence-electron chi connectivity index (χ2n) is 23.0. The number of aliphatic hydroxyl groups is 2. The van der Waals surface area contributed by atoms with Crippen molar-refractivity contribution in [2.24, 2.45) is 58.3 Å². The molecule has 1 aliphatic heterocycles. The van der Waals surface area contributed by atoms with E-state index in [1.54, 1.807) is 30.3 Å². The van der Waals surface area contributed by atoms with E-state index in [4.69, 9.17) is 28.7 Å². The number of nitrogens with one attached hydrogen (secondary N) is 8. The maximum atomic E-state index is 14.6. The van der Waals surface area contributed by atoms with Gasteiger partial charge in [0.1, 0.15) is 42.0 Å². The topological polar surface area (TPSA) is 455 Å². The lowest BCUT2D eigenvalue weighted by Gasteiger charge is -2.28. The van der Waals surface area contributed by atoms with Crippen LogP contribution in [0.3, 0.4) is 0 Å². The van der Waals surface area contributed by atoms with Gasteiger partial charge >= 0.3 is 0 Å². The predicted molar refractivity (Wildman–Crippen MR) is 320 cm³/mol. The fourth-order valence-electron chi connectivity index (χ4n) is 9.97. The second-order valence-corrected chi connectivity index (χ2v) is 23.0. The van der Waals surface area contributed by atoms with Gasteiger partial charge in [-0.1, -0.05) is 77.3 Å². The van der Waals surface area contributed by atoms with Gasteiger partial charge in [0, 0.05) is 50.0 Å². The first-order chi connectivity index (χ1) is 40.3. The molecule has 0 saturated carbocycles. The number of Topliss-reactive ketones (excluding diaryl/α,β-unsaturated/α-hetero) is 3. The van der Waals surface area contributed by atoms with Crippen LogP contribution in [-0.4, -0.2) is 169 Å². The van der Waals surface area contributed by atoms with E-state index in [9.17, 15) is 63.0 Å². The molecule has 0 bridgehead atoms. The lowest BCUT2D eigenvalue weighted by atomic mass is 9.88. The Morgan fingerprint density at radius 2 is 1.15 bits per heavy atom. The molecule has 0 aromatic heterocycles. The first-order valence-corrected chi connectivity index (χ1v) is 30.2. The third kappa shape index (κ3) is 27.3. The number of unbranched alkanes of at least 4 members (excludes halogenated alkanes) is 1. The fourth-order valence-corrected chi connectivity index (χ4v) is 9.97.